The van der Waals surface area contributed by atoms with Crippen LogP contribution in [0, 0.1) is 0 Å². The van der Waals surface area contributed by atoms with Crippen LogP contribution in [-0.4, -0.2) is 28.1 Å². The zero-order valence-corrected chi connectivity index (χ0v) is 9.64. The molecule has 1 aliphatic rings. The van der Waals surface area contributed by atoms with Crippen molar-refractivity contribution in [2.75, 3.05) is 0 Å². The molecule has 0 aliphatic carbocycles. The van der Waals surface area contributed by atoms with E-state index in [1.807, 2.05) is 0 Å². The maximum Gasteiger partial charge on any atom is 0.332 e. The lowest BCUT2D eigenvalue weighted by atomic mass is 10.1. The van der Waals surface area contributed by atoms with Gasteiger partial charge < -0.3 is 19.7 Å². The molecule has 17 heavy (non-hydrogen) atoms. The summed E-state index contributed by atoms with van der Waals surface area (Å²) in [6, 6.07) is 5.12. The fourth-order valence-electron chi connectivity index (χ4n) is 1.70. The summed E-state index contributed by atoms with van der Waals surface area (Å²) in [5, 5.41) is 17.9. The van der Waals surface area contributed by atoms with Gasteiger partial charge in [0.1, 0.15) is 0 Å². The first-order valence-corrected chi connectivity index (χ1v) is 5.29. The number of ether oxygens (including phenoxy) is 2. The summed E-state index contributed by atoms with van der Waals surface area (Å²) < 4.78 is 11.0. The molecule has 1 aromatic rings. The van der Waals surface area contributed by atoms with E-state index in [-0.39, 0.29) is 6.42 Å². The van der Waals surface area contributed by atoms with E-state index in [9.17, 15) is 9.90 Å². The van der Waals surface area contributed by atoms with Gasteiger partial charge in [0.25, 0.3) is 0 Å². The van der Waals surface area contributed by atoms with Gasteiger partial charge in [0, 0.05) is 20.3 Å². The van der Waals surface area contributed by atoms with Crippen LogP contribution in [0.25, 0.3) is 0 Å². The van der Waals surface area contributed by atoms with Crippen LogP contribution in [0.2, 0.25) is 0 Å². The zero-order valence-electron chi connectivity index (χ0n) is 9.64. The van der Waals surface area contributed by atoms with Crippen LogP contribution in [-0.2, 0) is 11.2 Å². The van der Waals surface area contributed by atoms with Crippen LogP contribution in [0.3, 0.4) is 0 Å². The lowest BCUT2D eigenvalue weighted by Gasteiger charge is -2.16. The number of fused-ring (bicyclic) bond motifs is 1. The van der Waals surface area contributed by atoms with Crippen molar-refractivity contribution < 1.29 is 24.5 Å². The third kappa shape index (κ3) is 2.50. The molecule has 2 rings (SSSR count). The number of aliphatic hydroxyl groups is 1. The summed E-state index contributed by atoms with van der Waals surface area (Å²) in [5.41, 5.74) is 0.694. The minimum Gasteiger partial charge on any atom is -0.479 e. The zero-order chi connectivity index (χ0) is 12.6. The van der Waals surface area contributed by atoms with Gasteiger partial charge in [-0.25, -0.2) is 4.79 Å². The summed E-state index contributed by atoms with van der Waals surface area (Å²) in [6.45, 7) is 3.58. The Hall–Kier alpha value is -1.75. The minimum atomic E-state index is -1.40. The molecule has 0 bridgehead atoms. The predicted octanol–water partition coefficient (Wildman–Crippen LogP) is 1.18. The van der Waals surface area contributed by atoms with Gasteiger partial charge >= 0.3 is 5.97 Å². The van der Waals surface area contributed by atoms with E-state index in [1.54, 1.807) is 32.0 Å². The average Bonchev–Trinajstić information content (AvgIpc) is 2.50. The summed E-state index contributed by atoms with van der Waals surface area (Å²) in [5.74, 6) is -0.733. The average molecular weight is 238 g/mol. The second kappa shape index (κ2) is 3.92. The number of hydrogen-bond acceptors (Lipinski definition) is 4. The van der Waals surface area contributed by atoms with Crippen LogP contribution < -0.4 is 9.47 Å². The fourth-order valence-corrected chi connectivity index (χ4v) is 1.70. The van der Waals surface area contributed by atoms with E-state index >= 15 is 0 Å². The van der Waals surface area contributed by atoms with Crippen molar-refractivity contribution >= 4 is 5.97 Å². The molecule has 1 atom stereocenters. The molecular formula is C12H14O5. The molecule has 0 amide bonds. The Morgan fingerprint density at radius 2 is 2.00 bits per heavy atom. The predicted molar refractivity (Wildman–Crippen MR) is 59.1 cm³/mol. The van der Waals surface area contributed by atoms with Crippen molar-refractivity contribution in [3.63, 3.8) is 0 Å². The first-order valence-electron chi connectivity index (χ1n) is 5.29. The maximum atomic E-state index is 10.5. The van der Waals surface area contributed by atoms with Gasteiger partial charge in [-0.05, 0) is 17.7 Å². The van der Waals surface area contributed by atoms with E-state index in [0.29, 0.717) is 17.1 Å². The van der Waals surface area contributed by atoms with Crippen molar-refractivity contribution in [2.45, 2.75) is 32.2 Å². The first-order chi connectivity index (χ1) is 7.87. The van der Waals surface area contributed by atoms with Gasteiger partial charge in [0.05, 0.1) is 0 Å². The van der Waals surface area contributed by atoms with Crippen LogP contribution >= 0.6 is 0 Å². The molecular weight excluding hydrogens is 224 g/mol. The molecule has 0 fully saturated rings. The van der Waals surface area contributed by atoms with Crippen molar-refractivity contribution in [2.24, 2.45) is 0 Å². The number of aliphatic carboxylic acids is 1. The van der Waals surface area contributed by atoms with E-state index in [2.05, 4.69) is 0 Å². The van der Waals surface area contributed by atoms with Crippen molar-refractivity contribution in [1.82, 2.24) is 0 Å². The van der Waals surface area contributed by atoms with Gasteiger partial charge in [-0.15, -0.1) is 0 Å². The van der Waals surface area contributed by atoms with E-state index in [1.165, 1.54) is 0 Å². The fraction of sp³-hybridized carbons (Fsp3) is 0.417. The van der Waals surface area contributed by atoms with Gasteiger partial charge in [-0.3, -0.25) is 0 Å². The molecule has 0 spiro atoms. The highest BCUT2D eigenvalue weighted by molar-refractivity contribution is 5.72. The Morgan fingerprint density at radius 1 is 1.35 bits per heavy atom. The lowest BCUT2D eigenvalue weighted by Crippen LogP contribution is -2.29. The molecule has 1 unspecified atom stereocenters. The molecule has 1 aliphatic heterocycles. The van der Waals surface area contributed by atoms with Crippen LogP contribution in [0.1, 0.15) is 19.4 Å². The Labute approximate surface area is 98.6 Å². The number of carboxylic acid groups (broad SMARTS) is 1. The molecule has 0 radical (unpaired) electrons. The number of hydrogen-bond donors (Lipinski definition) is 2. The smallest absolute Gasteiger partial charge is 0.332 e. The van der Waals surface area contributed by atoms with E-state index in [4.69, 9.17) is 14.6 Å². The number of carboxylic acids is 1. The van der Waals surface area contributed by atoms with Crippen molar-refractivity contribution in [3.8, 4) is 11.5 Å². The van der Waals surface area contributed by atoms with Crippen LogP contribution in [0.4, 0.5) is 0 Å². The number of rotatable bonds is 3. The van der Waals surface area contributed by atoms with Crippen LogP contribution in [0.5, 0.6) is 11.5 Å². The number of carbonyl (C=O) groups is 1. The first kappa shape index (κ1) is 11.7. The highest BCUT2D eigenvalue weighted by atomic mass is 16.7. The molecule has 1 heterocycles. The number of aliphatic hydroxyl groups excluding tert-OH is 1. The molecule has 1 aromatic carbocycles. The van der Waals surface area contributed by atoms with Gasteiger partial charge in [0.15, 0.2) is 17.6 Å². The maximum absolute atomic E-state index is 10.5. The molecule has 5 nitrogen and oxygen atoms in total. The van der Waals surface area contributed by atoms with Gasteiger partial charge in [0.2, 0.25) is 5.79 Å². The monoisotopic (exact) mass is 238 g/mol. The minimum absolute atomic E-state index is 0.0480. The van der Waals surface area contributed by atoms with Crippen molar-refractivity contribution in [1.29, 1.82) is 0 Å². The third-order valence-corrected chi connectivity index (χ3v) is 2.43. The van der Waals surface area contributed by atoms with E-state index < -0.39 is 17.9 Å². The highest BCUT2D eigenvalue weighted by Gasteiger charge is 2.31. The molecule has 0 saturated heterocycles. The topological polar surface area (TPSA) is 76.0 Å². The SMILES string of the molecule is CC1(C)Oc2ccc(CC(O)C(=O)O)cc2O1. The van der Waals surface area contributed by atoms with Gasteiger partial charge in [-0.1, -0.05) is 6.07 Å². The second-order valence-corrected chi connectivity index (χ2v) is 4.44. The normalized spacial score (nSPS) is 17.8. The molecule has 5 heteroatoms. The third-order valence-electron chi connectivity index (χ3n) is 2.43. The van der Waals surface area contributed by atoms with Crippen molar-refractivity contribution in [3.05, 3.63) is 23.8 Å². The van der Waals surface area contributed by atoms with Gasteiger partial charge in [-0.2, -0.15) is 0 Å². The molecule has 0 saturated carbocycles. The number of benzene rings is 1. The summed E-state index contributed by atoms with van der Waals surface area (Å²) >= 11 is 0. The Kier molecular flexibility index (Phi) is 2.71. The summed E-state index contributed by atoms with van der Waals surface area (Å²) in [7, 11) is 0. The molecule has 2 N–H and O–H groups in total. The standard InChI is InChI=1S/C12H14O5/c1-12(2)16-9-4-3-7(6-10(9)17-12)5-8(13)11(14)15/h3-4,6,8,13H,5H2,1-2H3,(H,14,15). The lowest BCUT2D eigenvalue weighted by molar-refractivity contribution is -0.146. The Balaban J connectivity index is 2.16. The second-order valence-electron chi connectivity index (χ2n) is 4.44. The highest BCUT2D eigenvalue weighted by Crippen LogP contribution is 2.39. The Bertz CT molecular complexity index is 452. The largest absolute Gasteiger partial charge is 0.479 e. The van der Waals surface area contributed by atoms with E-state index in [0.717, 1.165) is 0 Å². The summed E-state index contributed by atoms with van der Waals surface area (Å²) in [6.07, 6.45) is -1.35. The molecule has 92 valence electrons. The Morgan fingerprint density at radius 3 is 2.65 bits per heavy atom. The van der Waals surface area contributed by atoms with Crippen LogP contribution in [0.15, 0.2) is 18.2 Å². The molecule has 0 aromatic heterocycles. The quantitative estimate of drug-likeness (QED) is 0.827. The summed E-state index contributed by atoms with van der Waals surface area (Å²) in [4.78, 5) is 10.5.